The summed E-state index contributed by atoms with van der Waals surface area (Å²) in [6.45, 7) is 2.24. The van der Waals surface area contributed by atoms with Crippen LogP contribution in [-0.4, -0.2) is 34.7 Å². The standard InChI is InChI=1S/C23H28BrNO3S/c1-2-20(25-28-11-3-5-16-7-9-19(24)10-8-16)23-21(26)13-18(14-22(23)27)17-6-4-12-29-15-17/h3,5,7-10,17-18,26H,2,4,6,11-15H2,1H3. The number of aliphatic hydroxyl groups is 1. The molecule has 1 N–H and O–H groups in total. The first kappa shape index (κ1) is 22.2. The molecule has 0 amide bonds. The Hall–Kier alpha value is -1.53. The average molecular weight is 478 g/mol. The number of halogens is 1. The minimum Gasteiger partial charge on any atom is -0.511 e. The Morgan fingerprint density at radius 2 is 2.10 bits per heavy atom. The van der Waals surface area contributed by atoms with E-state index in [1.165, 1.54) is 12.2 Å². The monoisotopic (exact) mass is 477 g/mol. The van der Waals surface area contributed by atoms with Gasteiger partial charge in [-0.15, -0.1) is 0 Å². The number of carbonyl (C=O) groups excluding carboxylic acids is 1. The topological polar surface area (TPSA) is 58.9 Å². The predicted molar refractivity (Wildman–Crippen MR) is 124 cm³/mol. The van der Waals surface area contributed by atoms with Gasteiger partial charge in [-0.3, -0.25) is 4.79 Å². The predicted octanol–water partition coefficient (Wildman–Crippen LogP) is 6.18. The van der Waals surface area contributed by atoms with Crippen LogP contribution in [0.2, 0.25) is 0 Å². The highest BCUT2D eigenvalue weighted by molar-refractivity contribution is 9.10. The molecule has 1 aliphatic heterocycles. The Bertz CT molecular complexity index is 795. The van der Waals surface area contributed by atoms with Crippen LogP contribution in [0.15, 0.2) is 51.3 Å². The largest absolute Gasteiger partial charge is 0.511 e. The Balaban J connectivity index is 1.60. The smallest absolute Gasteiger partial charge is 0.168 e. The van der Waals surface area contributed by atoms with Gasteiger partial charge in [0.15, 0.2) is 5.78 Å². The molecule has 0 spiro atoms. The molecule has 156 valence electrons. The maximum absolute atomic E-state index is 12.8. The fourth-order valence-electron chi connectivity index (χ4n) is 3.93. The van der Waals surface area contributed by atoms with Crippen molar-refractivity contribution < 1.29 is 14.7 Å². The van der Waals surface area contributed by atoms with Gasteiger partial charge in [0.1, 0.15) is 12.4 Å². The fraction of sp³-hybridized carbons (Fsp3) is 0.478. The van der Waals surface area contributed by atoms with E-state index in [-0.39, 0.29) is 17.5 Å². The summed E-state index contributed by atoms with van der Waals surface area (Å²) in [7, 11) is 0. The number of oxime groups is 1. The van der Waals surface area contributed by atoms with E-state index in [0.717, 1.165) is 22.2 Å². The molecular weight excluding hydrogens is 450 g/mol. The van der Waals surface area contributed by atoms with Gasteiger partial charge in [0.05, 0.1) is 11.3 Å². The number of thioether (sulfide) groups is 1. The quantitative estimate of drug-likeness (QED) is 0.289. The van der Waals surface area contributed by atoms with Crippen LogP contribution in [0.4, 0.5) is 0 Å². The molecule has 0 saturated carbocycles. The van der Waals surface area contributed by atoms with Gasteiger partial charge in [0.2, 0.25) is 0 Å². The van der Waals surface area contributed by atoms with Gasteiger partial charge in [-0.2, -0.15) is 11.8 Å². The zero-order valence-electron chi connectivity index (χ0n) is 16.8. The van der Waals surface area contributed by atoms with Crippen LogP contribution in [0.5, 0.6) is 0 Å². The maximum atomic E-state index is 12.8. The van der Waals surface area contributed by atoms with E-state index in [2.05, 4.69) is 21.1 Å². The molecule has 2 atom stereocenters. The second-order valence-electron chi connectivity index (χ2n) is 7.53. The molecule has 0 bridgehead atoms. The van der Waals surface area contributed by atoms with E-state index in [0.29, 0.717) is 43.1 Å². The van der Waals surface area contributed by atoms with Crippen molar-refractivity contribution in [1.29, 1.82) is 0 Å². The fourth-order valence-corrected chi connectivity index (χ4v) is 5.47. The van der Waals surface area contributed by atoms with Crippen molar-refractivity contribution in [3.05, 3.63) is 51.7 Å². The number of carbonyl (C=O) groups is 1. The molecule has 4 nitrogen and oxygen atoms in total. The van der Waals surface area contributed by atoms with Crippen LogP contribution >= 0.6 is 27.7 Å². The van der Waals surface area contributed by atoms with E-state index in [9.17, 15) is 9.90 Å². The third kappa shape index (κ3) is 6.22. The third-order valence-corrected chi connectivity index (χ3v) is 7.25. The molecule has 1 heterocycles. The lowest BCUT2D eigenvalue weighted by atomic mass is 9.77. The third-order valence-electron chi connectivity index (χ3n) is 5.48. The number of rotatable bonds is 7. The summed E-state index contributed by atoms with van der Waals surface area (Å²) in [5.41, 5.74) is 2.00. The van der Waals surface area contributed by atoms with E-state index >= 15 is 0 Å². The highest BCUT2D eigenvalue weighted by Crippen LogP contribution is 2.38. The number of hydrogen-bond donors (Lipinski definition) is 1. The normalized spacial score (nSPS) is 23.7. The second-order valence-corrected chi connectivity index (χ2v) is 9.60. The summed E-state index contributed by atoms with van der Waals surface area (Å²) in [6.07, 6.45) is 7.85. The van der Waals surface area contributed by atoms with Crippen LogP contribution in [0, 0.1) is 11.8 Å². The van der Waals surface area contributed by atoms with Crippen LogP contribution in [0.25, 0.3) is 6.08 Å². The van der Waals surface area contributed by atoms with Gasteiger partial charge in [-0.05, 0) is 66.4 Å². The Morgan fingerprint density at radius 3 is 2.76 bits per heavy atom. The summed E-state index contributed by atoms with van der Waals surface area (Å²) in [6, 6.07) is 7.98. The molecule has 3 rings (SSSR count). The number of hydrogen-bond acceptors (Lipinski definition) is 5. The maximum Gasteiger partial charge on any atom is 0.168 e. The summed E-state index contributed by atoms with van der Waals surface area (Å²) in [5.74, 6) is 3.30. The summed E-state index contributed by atoms with van der Waals surface area (Å²) in [4.78, 5) is 18.2. The van der Waals surface area contributed by atoms with Gasteiger partial charge in [-0.25, -0.2) is 0 Å². The lowest BCUT2D eigenvalue weighted by Crippen LogP contribution is -2.30. The van der Waals surface area contributed by atoms with Crippen LogP contribution in [-0.2, 0) is 9.63 Å². The summed E-state index contributed by atoms with van der Waals surface area (Å²) in [5, 5.41) is 14.8. The highest BCUT2D eigenvalue weighted by atomic mass is 79.9. The highest BCUT2D eigenvalue weighted by Gasteiger charge is 2.34. The molecule has 6 heteroatoms. The van der Waals surface area contributed by atoms with Crippen molar-refractivity contribution in [3.8, 4) is 0 Å². The number of benzene rings is 1. The number of allylic oxidation sites excluding steroid dienone is 2. The van der Waals surface area contributed by atoms with Crippen molar-refractivity contribution in [2.45, 2.75) is 39.0 Å². The van der Waals surface area contributed by atoms with Gasteiger partial charge in [0, 0.05) is 17.3 Å². The van der Waals surface area contributed by atoms with E-state index in [1.807, 2.05) is 55.1 Å². The molecule has 29 heavy (non-hydrogen) atoms. The molecule has 0 aromatic heterocycles. The van der Waals surface area contributed by atoms with Gasteiger partial charge in [0.25, 0.3) is 0 Å². The molecular formula is C23H28BrNO3S. The van der Waals surface area contributed by atoms with Gasteiger partial charge < -0.3 is 9.94 Å². The summed E-state index contributed by atoms with van der Waals surface area (Å²) >= 11 is 5.38. The van der Waals surface area contributed by atoms with Gasteiger partial charge in [-0.1, -0.05) is 46.2 Å². The zero-order chi connectivity index (χ0) is 20.6. The van der Waals surface area contributed by atoms with Crippen LogP contribution in [0.3, 0.4) is 0 Å². The molecule has 1 fully saturated rings. The average Bonchev–Trinajstić information content (AvgIpc) is 2.73. The molecule has 1 saturated heterocycles. The minimum absolute atomic E-state index is 0.00364. The van der Waals surface area contributed by atoms with E-state index < -0.39 is 0 Å². The molecule has 2 unspecified atom stereocenters. The van der Waals surface area contributed by atoms with E-state index in [4.69, 9.17) is 4.84 Å². The van der Waals surface area contributed by atoms with Crippen molar-refractivity contribution in [1.82, 2.24) is 0 Å². The molecule has 0 radical (unpaired) electrons. The number of nitrogens with zero attached hydrogens (tertiary/aromatic N) is 1. The Labute approximate surface area is 185 Å². The first-order valence-corrected chi connectivity index (χ1v) is 12.2. The lowest BCUT2D eigenvalue weighted by molar-refractivity contribution is -0.117. The Morgan fingerprint density at radius 1 is 1.31 bits per heavy atom. The summed E-state index contributed by atoms with van der Waals surface area (Å²) < 4.78 is 1.04. The van der Waals surface area contributed by atoms with Crippen molar-refractivity contribution in [3.63, 3.8) is 0 Å². The number of aliphatic hydroxyl groups excluding tert-OH is 1. The second kappa shape index (κ2) is 11.0. The van der Waals surface area contributed by atoms with Crippen LogP contribution < -0.4 is 0 Å². The first-order valence-electron chi connectivity index (χ1n) is 10.2. The van der Waals surface area contributed by atoms with Gasteiger partial charge >= 0.3 is 0 Å². The zero-order valence-corrected chi connectivity index (χ0v) is 19.2. The van der Waals surface area contributed by atoms with Crippen molar-refractivity contribution >= 4 is 45.3 Å². The SMILES string of the molecule is CCC(=NOCC=Cc1ccc(Br)cc1)C1=C(O)CC(C2CCCSC2)CC1=O. The number of Topliss-reactive ketones (excluding diaryl/α,β-unsaturated/α-hetero) is 1. The molecule has 1 aromatic rings. The minimum atomic E-state index is 0.00364. The molecule has 1 aliphatic carbocycles. The van der Waals surface area contributed by atoms with Crippen molar-refractivity contribution in [2.75, 3.05) is 18.1 Å². The molecule has 1 aromatic carbocycles. The Kier molecular flexibility index (Phi) is 8.42. The van der Waals surface area contributed by atoms with Crippen LogP contribution in [0.1, 0.15) is 44.6 Å². The van der Waals surface area contributed by atoms with E-state index in [1.54, 1.807) is 0 Å². The molecule has 2 aliphatic rings. The van der Waals surface area contributed by atoms with Crippen molar-refractivity contribution in [2.24, 2.45) is 17.0 Å². The first-order chi connectivity index (χ1) is 14.1. The number of ketones is 1. The lowest BCUT2D eigenvalue weighted by Gasteiger charge is -2.32.